The molecule has 0 saturated heterocycles. The van der Waals surface area contributed by atoms with Gasteiger partial charge in [0.15, 0.2) is 0 Å². The molecule has 1 N–H and O–H groups in total. The molecule has 0 aliphatic rings. The quantitative estimate of drug-likeness (QED) is 0.325. The normalized spacial score (nSPS) is 11.0. The number of fused-ring (bicyclic) bond motifs is 2. The predicted octanol–water partition coefficient (Wildman–Crippen LogP) is 5.47. The number of hydrogen-bond acceptors (Lipinski definition) is 3. The van der Waals surface area contributed by atoms with Gasteiger partial charge in [-0.25, -0.2) is 4.98 Å². The predicted molar refractivity (Wildman–Crippen MR) is 125 cm³/mol. The van der Waals surface area contributed by atoms with Gasteiger partial charge in [0, 0.05) is 55.4 Å². The summed E-state index contributed by atoms with van der Waals surface area (Å²) in [6.07, 6.45) is 0. The lowest BCUT2D eigenvalue weighted by Gasteiger charge is -2.13. The highest BCUT2D eigenvalue weighted by Crippen LogP contribution is 2.25. The van der Waals surface area contributed by atoms with Crippen LogP contribution in [-0.4, -0.2) is 19.1 Å². The molecule has 0 fully saturated rings. The van der Waals surface area contributed by atoms with Crippen molar-refractivity contribution >= 4 is 39.1 Å². The molecule has 30 heavy (non-hydrogen) atoms. The van der Waals surface area contributed by atoms with Crippen LogP contribution in [0, 0.1) is 0 Å². The molecular weight excluding hydrogens is 368 g/mol. The summed E-state index contributed by atoms with van der Waals surface area (Å²) in [7, 11) is 4.12. The van der Waals surface area contributed by atoms with Gasteiger partial charge in [0.1, 0.15) is 11.0 Å². The first-order valence-electron chi connectivity index (χ1n) is 10.0. The van der Waals surface area contributed by atoms with Crippen LogP contribution in [0.5, 0.6) is 0 Å². The number of rotatable bonds is 4. The minimum absolute atomic E-state index is 0.961. The lowest BCUT2D eigenvalue weighted by atomic mass is 10.1. The summed E-state index contributed by atoms with van der Waals surface area (Å²) in [5, 5.41) is 3.50. The maximum atomic E-state index is 4.95. The Hall–Kier alpha value is -3.92. The molecule has 4 nitrogen and oxygen atoms in total. The van der Waals surface area contributed by atoms with Crippen molar-refractivity contribution in [1.82, 2.24) is 4.98 Å². The Balaban J connectivity index is 1.78. The zero-order chi connectivity index (χ0) is 20.5. The Bertz CT molecular complexity index is 1330. The summed E-state index contributed by atoms with van der Waals surface area (Å²) in [6, 6.07) is 33.4. The summed E-state index contributed by atoms with van der Waals surface area (Å²) in [6.45, 7) is 0. The summed E-state index contributed by atoms with van der Waals surface area (Å²) in [5.41, 5.74) is 8.43. The van der Waals surface area contributed by atoms with Crippen LogP contribution >= 0.6 is 0 Å². The van der Waals surface area contributed by atoms with E-state index in [1.54, 1.807) is 0 Å². The number of hydrogen-bond donors (Lipinski definition) is 1. The third kappa shape index (κ3) is 3.33. The van der Waals surface area contributed by atoms with Gasteiger partial charge in [-0.3, -0.25) is 0 Å². The van der Waals surface area contributed by atoms with Crippen LogP contribution in [0.1, 0.15) is 0 Å². The van der Waals surface area contributed by atoms with Gasteiger partial charge in [-0.2, -0.15) is 0 Å². The summed E-state index contributed by atoms with van der Waals surface area (Å²) in [4.78, 5) is 7.06. The second-order valence-corrected chi connectivity index (χ2v) is 7.54. The number of benzene rings is 4. The second kappa shape index (κ2) is 7.48. The molecule has 0 saturated carbocycles. The first-order chi connectivity index (χ1) is 14.7. The second-order valence-electron chi connectivity index (χ2n) is 7.54. The van der Waals surface area contributed by atoms with Crippen molar-refractivity contribution in [2.75, 3.05) is 24.3 Å². The van der Waals surface area contributed by atoms with Gasteiger partial charge in [0.05, 0.1) is 0 Å². The SMILES string of the molecule is CN(C)c1ccc2nc3ccc(Nc4ccccc4)cc3[n+](-c3ccccc3)c2c1. The molecule has 0 unspecified atom stereocenters. The van der Waals surface area contributed by atoms with Crippen LogP contribution in [-0.2, 0) is 0 Å². The minimum atomic E-state index is 0.961. The van der Waals surface area contributed by atoms with E-state index in [1.807, 2.05) is 24.3 Å². The van der Waals surface area contributed by atoms with Crippen molar-refractivity contribution in [2.45, 2.75) is 0 Å². The van der Waals surface area contributed by atoms with E-state index in [-0.39, 0.29) is 0 Å². The van der Waals surface area contributed by atoms with Gasteiger partial charge in [0.25, 0.3) is 0 Å². The molecule has 0 amide bonds. The van der Waals surface area contributed by atoms with Gasteiger partial charge >= 0.3 is 0 Å². The van der Waals surface area contributed by atoms with E-state index >= 15 is 0 Å². The van der Waals surface area contributed by atoms with E-state index in [9.17, 15) is 0 Å². The molecule has 0 aliphatic heterocycles. The molecule has 0 atom stereocenters. The zero-order valence-corrected chi connectivity index (χ0v) is 17.1. The first kappa shape index (κ1) is 18.1. The smallest absolute Gasteiger partial charge is 0.239 e. The van der Waals surface area contributed by atoms with Crippen molar-refractivity contribution in [3.8, 4) is 5.69 Å². The summed E-state index contributed by atoms with van der Waals surface area (Å²) in [5.74, 6) is 0. The molecule has 1 aromatic heterocycles. The third-order valence-electron chi connectivity index (χ3n) is 5.25. The average molecular weight is 391 g/mol. The molecule has 0 aliphatic carbocycles. The van der Waals surface area contributed by atoms with Crippen LogP contribution in [0.25, 0.3) is 27.8 Å². The number of nitrogens with zero attached hydrogens (tertiary/aromatic N) is 3. The number of aromatic nitrogens is 2. The van der Waals surface area contributed by atoms with Crippen LogP contribution in [0.2, 0.25) is 0 Å². The van der Waals surface area contributed by atoms with E-state index in [4.69, 9.17) is 4.98 Å². The lowest BCUT2D eigenvalue weighted by molar-refractivity contribution is -0.538. The molecule has 0 bridgehead atoms. The van der Waals surface area contributed by atoms with E-state index in [2.05, 4.69) is 102 Å². The Morgan fingerprint density at radius 2 is 1.30 bits per heavy atom. The van der Waals surface area contributed by atoms with E-state index < -0.39 is 0 Å². The standard InChI is InChI=1S/C26H22N4/c1-29(2)22-14-16-24-26(18-22)30(21-11-7-4-8-12-21)25-17-20(13-15-23(25)28-24)27-19-9-5-3-6-10-19/h3-18H,1-2H3/p+1. The zero-order valence-electron chi connectivity index (χ0n) is 17.1. The average Bonchev–Trinajstić information content (AvgIpc) is 2.78. The number of anilines is 3. The topological polar surface area (TPSA) is 32.0 Å². The molecule has 4 heteroatoms. The molecule has 5 aromatic rings. The summed E-state index contributed by atoms with van der Waals surface area (Å²) < 4.78 is 2.29. The van der Waals surface area contributed by atoms with Crippen molar-refractivity contribution < 1.29 is 4.57 Å². The van der Waals surface area contributed by atoms with Crippen molar-refractivity contribution in [3.05, 3.63) is 97.1 Å². The monoisotopic (exact) mass is 391 g/mol. The molecule has 1 heterocycles. The van der Waals surface area contributed by atoms with Crippen LogP contribution < -0.4 is 14.8 Å². The molecule has 146 valence electrons. The van der Waals surface area contributed by atoms with E-state index in [0.717, 1.165) is 44.8 Å². The number of para-hydroxylation sites is 2. The number of nitrogens with one attached hydrogen (secondary N) is 1. The largest absolute Gasteiger partial charge is 0.377 e. The fourth-order valence-corrected chi connectivity index (χ4v) is 3.74. The first-order valence-corrected chi connectivity index (χ1v) is 10.0. The molecule has 0 spiro atoms. The van der Waals surface area contributed by atoms with E-state index in [0.29, 0.717) is 0 Å². The third-order valence-corrected chi connectivity index (χ3v) is 5.25. The Labute approximate surface area is 176 Å². The minimum Gasteiger partial charge on any atom is -0.377 e. The van der Waals surface area contributed by atoms with Crippen molar-refractivity contribution in [2.24, 2.45) is 0 Å². The fraction of sp³-hybridized carbons (Fsp3) is 0.0769. The Morgan fingerprint density at radius 3 is 2.00 bits per heavy atom. The van der Waals surface area contributed by atoms with Crippen molar-refractivity contribution in [3.63, 3.8) is 0 Å². The molecule has 0 radical (unpaired) electrons. The van der Waals surface area contributed by atoms with Gasteiger partial charge in [0.2, 0.25) is 16.7 Å². The highest BCUT2D eigenvalue weighted by molar-refractivity contribution is 5.86. The Morgan fingerprint density at radius 1 is 0.667 bits per heavy atom. The highest BCUT2D eigenvalue weighted by Gasteiger charge is 2.20. The van der Waals surface area contributed by atoms with Gasteiger partial charge < -0.3 is 10.2 Å². The van der Waals surface area contributed by atoms with Crippen LogP contribution in [0.15, 0.2) is 97.1 Å². The fourth-order valence-electron chi connectivity index (χ4n) is 3.74. The highest BCUT2D eigenvalue weighted by atomic mass is 15.1. The molecule has 4 aromatic carbocycles. The van der Waals surface area contributed by atoms with Gasteiger partial charge in [-0.05, 0) is 36.4 Å². The van der Waals surface area contributed by atoms with Crippen molar-refractivity contribution in [1.29, 1.82) is 0 Å². The van der Waals surface area contributed by atoms with E-state index in [1.165, 1.54) is 0 Å². The van der Waals surface area contributed by atoms with Crippen LogP contribution in [0.3, 0.4) is 0 Å². The molecular formula is C26H23N4+. The van der Waals surface area contributed by atoms with Gasteiger partial charge in [-0.1, -0.05) is 36.4 Å². The van der Waals surface area contributed by atoms with Crippen LogP contribution in [0.4, 0.5) is 17.1 Å². The lowest BCUT2D eigenvalue weighted by Crippen LogP contribution is -2.33. The van der Waals surface area contributed by atoms with Gasteiger partial charge in [-0.15, -0.1) is 4.57 Å². The summed E-state index contributed by atoms with van der Waals surface area (Å²) >= 11 is 0. The maximum Gasteiger partial charge on any atom is 0.239 e. The Kier molecular flexibility index (Phi) is 4.52. The molecule has 5 rings (SSSR count). The maximum absolute atomic E-state index is 4.95.